The van der Waals surface area contributed by atoms with Crippen LogP contribution in [0.15, 0.2) is 30.3 Å². The lowest BCUT2D eigenvalue weighted by Gasteiger charge is -2.35. The molecule has 2 heteroatoms. The first-order valence-electron chi connectivity index (χ1n) is 7.86. The molecule has 19 heavy (non-hydrogen) atoms. The third-order valence-corrected chi connectivity index (χ3v) is 4.41. The van der Waals surface area contributed by atoms with Gasteiger partial charge in [-0.05, 0) is 50.8 Å². The zero-order valence-electron chi connectivity index (χ0n) is 12.2. The van der Waals surface area contributed by atoms with E-state index in [2.05, 4.69) is 42.2 Å². The van der Waals surface area contributed by atoms with E-state index in [0.717, 1.165) is 12.5 Å². The number of benzene rings is 1. The summed E-state index contributed by atoms with van der Waals surface area (Å²) in [6.07, 6.45) is 7.79. The van der Waals surface area contributed by atoms with E-state index in [-0.39, 0.29) is 6.04 Å². The van der Waals surface area contributed by atoms with E-state index in [1.54, 1.807) is 0 Å². The molecule has 0 saturated carbocycles. The molecule has 1 fully saturated rings. The van der Waals surface area contributed by atoms with Gasteiger partial charge in [0.05, 0.1) is 0 Å². The van der Waals surface area contributed by atoms with Gasteiger partial charge >= 0.3 is 0 Å². The van der Waals surface area contributed by atoms with Crippen molar-refractivity contribution in [3.8, 4) is 0 Å². The predicted octanol–water partition coefficient (Wildman–Crippen LogP) is 3.73. The molecule has 1 aromatic rings. The quantitative estimate of drug-likeness (QED) is 0.844. The summed E-state index contributed by atoms with van der Waals surface area (Å²) in [6, 6.07) is 11.5. The van der Waals surface area contributed by atoms with E-state index in [4.69, 9.17) is 5.73 Å². The number of hydrogen-bond donors (Lipinski definition) is 1. The van der Waals surface area contributed by atoms with Crippen molar-refractivity contribution in [3.05, 3.63) is 35.9 Å². The Labute approximate surface area is 118 Å². The van der Waals surface area contributed by atoms with Crippen LogP contribution in [0.1, 0.15) is 57.1 Å². The Morgan fingerprint density at radius 1 is 1.26 bits per heavy atom. The molecule has 1 aromatic carbocycles. The molecule has 2 atom stereocenters. The van der Waals surface area contributed by atoms with Crippen LogP contribution in [0.2, 0.25) is 0 Å². The predicted molar refractivity (Wildman–Crippen MR) is 82.1 cm³/mol. The van der Waals surface area contributed by atoms with E-state index in [1.165, 1.54) is 50.8 Å². The first kappa shape index (κ1) is 14.5. The lowest BCUT2D eigenvalue weighted by atomic mass is 9.98. The Kier molecular flexibility index (Phi) is 5.87. The van der Waals surface area contributed by atoms with Gasteiger partial charge in [-0.2, -0.15) is 0 Å². The molecule has 2 unspecified atom stereocenters. The van der Waals surface area contributed by atoms with E-state index < -0.39 is 0 Å². The Hall–Kier alpha value is -0.860. The second-order valence-electron chi connectivity index (χ2n) is 5.75. The summed E-state index contributed by atoms with van der Waals surface area (Å²) in [7, 11) is 0. The molecular weight excluding hydrogens is 232 g/mol. The van der Waals surface area contributed by atoms with Gasteiger partial charge in [-0.15, -0.1) is 0 Å². The molecule has 106 valence electrons. The molecule has 1 heterocycles. The molecule has 2 rings (SSSR count). The van der Waals surface area contributed by atoms with E-state index in [9.17, 15) is 0 Å². The van der Waals surface area contributed by atoms with Crippen LogP contribution in [0.3, 0.4) is 0 Å². The molecule has 1 saturated heterocycles. The smallest absolute Gasteiger partial charge is 0.0295 e. The van der Waals surface area contributed by atoms with Crippen molar-refractivity contribution in [3.63, 3.8) is 0 Å². The molecule has 1 aliphatic rings. The number of piperidine rings is 1. The first-order valence-corrected chi connectivity index (χ1v) is 7.86. The highest BCUT2D eigenvalue weighted by Crippen LogP contribution is 2.21. The van der Waals surface area contributed by atoms with Gasteiger partial charge in [0.2, 0.25) is 0 Å². The summed E-state index contributed by atoms with van der Waals surface area (Å²) in [6.45, 7) is 4.83. The average molecular weight is 260 g/mol. The van der Waals surface area contributed by atoms with Gasteiger partial charge in [-0.1, -0.05) is 43.7 Å². The van der Waals surface area contributed by atoms with Crippen molar-refractivity contribution in [2.24, 2.45) is 5.73 Å². The SMILES string of the molecule is CCC1CCCCN1CCCC(N)c1ccccc1. The van der Waals surface area contributed by atoms with Crippen LogP contribution in [0, 0.1) is 0 Å². The zero-order valence-corrected chi connectivity index (χ0v) is 12.2. The number of nitrogens with zero attached hydrogens (tertiary/aromatic N) is 1. The number of hydrogen-bond acceptors (Lipinski definition) is 2. The minimum atomic E-state index is 0.200. The van der Waals surface area contributed by atoms with Crippen LogP contribution in [0.4, 0.5) is 0 Å². The van der Waals surface area contributed by atoms with Crippen LogP contribution in [0.5, 0.6) is 0 Å². The van der Waals surface area contributed by atoms with E-state index in [0.29, 0.717) is 0 Å². The molecule has 0 spiro atoms. The normalized spacial score (nSPS) is 22.3. The van der Waals surface area contributed by atoms with Gasteiger partial charge in [0.25, 0.3) is 0 Å². The highest BCUT2D eigenvalue weighted by molar-refractivity contribution is 5.18. The van der Waals surface area contributed by atoms with Crippen LogP contribution < -0.4 is 5.73 Å². The summed E-state index contributed by atoms with van der Waals surface area (Å²) >= 11 is 0. The monoisotopic (exact) mass is 260 g/mol. The molecule has 0 aliphatic carbocycles. The molecule has 0 aromatic heterocycles. The van der Waals surface area contributed by atoms with Gasteiger partial charge in [-0.25, -0.2) is 0 Å². The second kappa shape index (κ2) is 7.66. The van der Waals surface area contributed by atoms with Crippen LogP contribution in [-0.4, -0.2) is 24.0 Å². The van der Waals surface area contributed by atoms with Gasteiger partial charge in [0, 0.05) is 12.1 Å². The minimum absolute atomic E-state index is 0.200. The summed E-state index contributed by atoms with van der Waals surface area (Å²) < 4.78 is 0. The zero-order chi connectivity index (χ0) is 13.5. The summed E-state index contributed by atoms with van der Waals surface area (Å²) in [4.78, 5) is 2.68. The Balaban J connectivity index is 1.73. The summed E-state index contributed by atoms with van der Waals surface area (Å²) in [5, 5.41) is 0. The van der Waals surface area contributed by atoms with Crippen LogP contribution in [0.25, 0.3) is 0 Å². The van der Waals surface area contributed by atoms with Crippen molar-refractivity contribution in [1.29, 1.82) is 0 Å². The van der Waals surface area contributed by atoms with Gasteiger partial charge < -0.3 is 10.6 Å². The molecule has 0 amide bonds. The maximum Gasteiger partial charge on any atom is 0.0295 e. The van der Waals surface area contributed by atoms with E-state index in [1.807, 2.05) is 0 Å². The maximum absolute atomic E-state index is 6.26. The fourth-order valence-electron chi connectivity index (χ4n) is 3.20. The fraction of sp³-hybridized carbons (Fsp3) is 0.647. The molecule has 1 aliphatic heterocycles. The topological polar surface area (TPSA) is 29.3 Å². The van der Waals surface area contributed by atoms with Crippen molar-refractivity contribution in [1.82, 2.24) is 4.90 Å². The summed E-state index contributed by atoms with van der Waals surface area (Å²) in [5.41, 5.74) is 7.53. The minimum Gasteiger partial charge on any atom is -0.324 e. The number of rotatable bonds is 6. The Morgan fingerprint density at radius 3 is 2.79 bits per heavy atom. The molecule has 2 N–H and O–H groups in total. The highest BCUT2D eigenvalue weighted by atomic mass is 15.2. The van der Waals surface area contributed by atoms with Crippen LogP contribution in [-0.2, 0) is 0 Å². The molecule has 0 bridgehead atoms. The average Bonchev–Trinajstić information content (AvgIpc) is 2.48. The fourth-order valence-corrected chi connectivity index (χ4v) is 3.20. The Morgan fingerprint density at radius 2 is 2.05 bits per heavy atom. The van der Waals surface area contributed by atoms with Gasteiger partial charge in [-0.3, -0.25) is 0 Å². The third-order valence-electron chi connectivity index (χ3n) is 4.41. The number of nitrogens with two attached hydrogens (primary N) is 1. The van der Waals surface area contributed by atoms with E-state index >= 15 is 0 Å². The summed E-state index contributed by atoms with van der Waals surface area (Å²) in [5.74, 6) is 0. The lowest BCUT2D eigenvalue weighted by molar-refractivity contribution is 0.141. The Bertz CT molecular complexity index is 350. The standard InChI is InChI=1S/C17H28N2/c1-2-16-11-6-7-13-19(16)14-8-12-17(18)15-9-4-3-5-10-15/h3-5,9-10,16-17H,2,6-8,11-14,18H2,1H3. The maximum atomic E-state index is 6.26. The van der Waals surface area contributed by atoms with Crippen molar-refractivity contribution in [2.75, 3.05) is 13.1 Å². The third kappa shape index (κ3) is 4.32. The van der Waals surface area contributed by atoms with Crippen LogP contribution >= 0.6 is 0 Å². The highest BCUT2D eigenvalue weighted by Gasteiger charge is 2.20. The number of likely N-dealkylation sites (tertiary alicyclic amines) is 1. The molecule has 2 nitrogen and oxygen atoms in total. The first-order chi connectivity index (χ1) is 9.31. The largest absolute Gasteiger partial charge is 0.324 e. The van der Waals surface area contributed by atoms with Gasteiger partial charge in [0.15, 0.2) is 0 Å². The molecule has 0 radical (unpaired) electrons. The van der Waals surface area contributed by atoms with Crippen molar-refractivity contribution >= 4 is 0 Å². The van der Waals surface area contributed by atoms with Crippen molar-refractivity contribution < 1.29 is 0 Å². The van der Waals surface area contributed by atoms with Gasteiger partial charge in [0.1, 0.15) is 0 Å². The second-order valence-corrected chi connectivity index (χ2v) is 5.75. The lowest BCUT2D eigenvalue weighted by Crippen LogP contribution is -2.39. The molecular formula is C17H28N2. The van der Waals surface area contributed by atoms with Crippen molar-refractivity contribution in [2.45, 2.75) is 57.5 Å².